The van der Waals surface area contributed by atoms with Gasteiger partial charge in [-0.3, -0.25) is 9.69 Å². The van der Waals surface area contributed by atoms with Crippen molar-refractivity contribution >= 4 is 11.6 Å². The smallest absolute Gasteiger partial charge is 0.257 e. The molecule has 5 heteroatoms. The van der Waals surface area contributed by atoms with E-state index in [9.17, 15) is 4.79 Å². The number of para-hydroxylation sites is 1. The van der Waals surface area contributed by atoms with Crippen molar-refractivity contribution in [2.24, 2.45) is 0 Å². The number of amides is 1. The molecule has 1 aromatic rings. The maximum Gasteiger partial charge on any atom is 0.257 e. The number of piperazine rings is 1. The van der Waals surface area contributed by atoms with Gasteiger partial charge in [0.05, 0.1) is 17.9 Å². The van der Waals surface area contributed by atoms with Gasteiger partial charge in [0.25, 0.3) is 5.91 Å². The number of carbonyl (C=O) groups excluding carboxylic acids is 1. The van der Waals surface area contributed by atoms with Gasteiger partial charge in [-0.2, -0.15) is 0 Å². The van der Waals surface area contributed by atoms with Gasteiger partial charge in [-0.05, 0) is 40.0 Å². The van der Waals surface area contributed by atoms with Crippen molar-refractivity contribution < 1.29 is 9.53 Å². The standard InChI is InChI=1S/C16H25N3O2/c1-5-21-14-12(7-6-8-13(14)17)15(20)19-10-9-18(4)16(2,3)11-19/h6-8H,5,9-11,17H2,1-4H3. The monoisotopic (exact) mass is 291 g/mol. The van der Waals surface area contributed by atoms with Gasteiger partial charge in [-0.25, -0.2) is 0 Å². The van der Waals surface area contributed by atoms with Crippen LogP contribution in [-0.2, 0) is 0 Å². The van der Waals surface area contributed by atoms with Gasteiger partial charge < -0.3 is 15.4 Å². The topological polar surface area (TPSA) is 58.8 Å². The van der Waals surface area contributed by atoms with E-state index in [4.69, 9.17) is 10.5 Å². The zero-order valence-electron chi connectivity index (χ0n) is 13.3. The van der Waals surface area contributed by atoms with E-state index < -0.39 is 0 Å². The van der Waals surface area contributed by atoms with Gasteiger partial charge in [0.15, 0.2) is 5.75 Å². The number of nitrogen functional groups attached to an aromatic ring is 1. The van der Waals surface area contributed by atoms with Crippen LogP contribution in [0.2, 0.25) is 0 Å². The lowest BCUT2D eigenvalue weighted by Gasteiger charge is -2.45. The van der Waals surface area contributed by atoms with Crippen LogP contribution in [0.25, 0.3) is 0 Å². The van der Waals surface area contributed by atoms with Crippen molar-refractivity contribution in [2.45, 2.75) is 26.3 Å². The van der Waals surface area contributed by atoms with Crippen LogP contribution in [0, 0.1) is 0 Å². The molecule has 0 bridgehead atoms. The Bertz CT molecular complexity index is 528. The van der Waals surface area contributed by atoms with Crippen LogP contribution < -0.4 is 10.5 Å². The van der Waals surface area contributed by atoms with Crippen molar-refractivity contribution in [3.63, 3.8) is 0 Å². The minimum atomic E-state index is -0.0278. The fourth-order valence-electron chi connectivity index (χ4n) is 2.61. The fourth-order valence-corrected chi connectivity index (χ4v) is 2.61. The van der Waals surface area contributed by atoms with Crippen molar-refractivity contribution in [1.29, 1.82) is 0 Å². The Labute approximate surface area is 126 Å². The molecule has 2 N–H and O–H groups in total. The first-order chi connectivity index (χ1) is 9.86. The minimum absolute atomic E-state index is 0.00748. The molecule has 1 amide bonds. The Balaban J connectivity index is 2.27. The number of hydrogen-bond donors (Lipinski definition) is 1. The van der Waals surface area contributed by atoms with Crippen LogP contribution in [-0.4, -0.2) is 54.5 Å². The summed E-state index contributed by atoms with van der Waals surface area (Å²) in [5.74, 6) is 0.494. The second kappa shape index (κ2) is 5.93. The molecular weight excluding hydrogens is 266 g/mol. The third kappa shape index (κ3) is 3.13. The van der Waals surface area contributed by atoms with E-state index in [1.807, 2.05) is 11.8 Å². The average molecular weight is 291 g/mol. The van der Waals surface area contributed by atoms with Crippen LogP contribution in [0.3, 0.4) is 0 Å². The SMILES string of the molecule is CCOc1c(N)cccc1C(=O)N1CCN(C)C(C)(C)C1. The molecule has 1 aromatic carbocycles. The summed E-state index contributed by atoms with van der Waals surface area (Å²) in [6.07, 6.45) is 0. The zero-order valence-corrected chi connectivity index (χ0v) is 13.3. The highest BCUT2D eigenvalue weighted by molar-refractivity contribution is 5.98. The summed E-state index contributed by atoms with van der Waals surface area (Å²) < 4.78 is 5.57. The first kappa shape index (κ1) is 15.6. The molecular formula is C16H25N3O2. The first-order valence-corrected chi connectivity index (χ1v) is 7.38. The summed E-state index contributed by atoms with van der Waals surface area (Å²) >= 11 is 0. The predicted molar refractivity (Wildman–Crippen MR) is 84.6 cm³/mol. The lowest BCUT2D eigenvalue weighted by atomic mass is 9.99. The molecule has 1 aliphatic heterocycles. The number of hydrogen-bond acceptors (Lipinski definition) is 4. The van der Waals surface area contributed by atoms with Crippen LogP contribution in [0.15, 0.2) is 18.2 Å². The molecule has 1 heterocycles. The van der Waals surface area contributed by atoms with E-state index in [0.717, 1.165) is 13.1 Å². The highest BCUT2D eigenvalue weighted by Gasteiger charge is 2.34. The molecule has 0 radical (unpaired) electrons. The number of carbonyl (C=O) groups is 1. The number of anilines is 1. The Morgan fingerprint density at radius 2 is 2.10 bits per heavy atom. The van der Waals surface area contributed by atoms with E-state index in [-0.39, 0.29) is 11.4 Å². The van der Waals surface area contributed by atoms with E-state index in [1.54, 1.807) is 18.2 Å². The maximum atomic E-state index is 12.8. The fraction of sp³-hybridized carbons (Fsp3) is 0.562. The molecule has 0 aromatic heterocycles. The molecule has 0 aliphatic carbocycles. The molecule has 116 valence electrons. The Kier molecular flexibility index (Phi) is 4.42. The Morgan fingerprint density at radius 3 is 2.71 bits per heavy atom. The van der Waals surface area contributed by atoms with E-state index in [1.165, 1.54) is 0 Å². The first-order valence-electron chi connectivity index (χ1n) is 7.38. The molecule has 5 nitrogen and oxygen atoms in total. The van der Waals surface area contributed by atoms with E-state index in [0.29, 0.717) is 30.2 Å². The van der Waals surface area contributed by atoms with Crippen LogP contribution in [0.4, 0.5) is 5.69 Å². The highest BCUT2D eigenvalue weighted by Crippen LogP contribution is 2.29. The van der Waals surface area contributed by atoms with E-state index >= 15 is 0 Å². The second-order valence-electron chi connectivity index (χ2n) is 6.12. The number of nitrogens with zero attached hydrogens (tertiary/aromatic N) is 2. The van der Waals surface area contributed by atoms with Gasteiger partial charge in [0.1, 0.15) is 0 Å². The van der Waals surface area contributed by atoms with Crippen molar-refractivity contribution in [2.75, 3.05) is 39.0 Å². The largest absolute Gasteiger partial charge is 0.491 e. The molecule has 1 fully saturated rings. The molecule has 0 atom stereocenters. The Hall–Kier alpha value is -1.75. The number of rotatable bonds is 3. The van der Waals surface area contributed by atoms with Gasteiger partial charge in [0, 0.05) is 25.2 Å². The lowest BCUT2D eigenvalue weighted by molar-refractivity contribution is 0.0309. The Morgan fingerprint density at radius 1 is 1.38 bits per heavy atom. The van der Waals surface area contributed by atoms with Crippen molar-refractivity contribution in [3.05, 3.63) is 23.8 Å². The van der Waals surface area contributed by atoms with Crippen LogP contribution in [0.1, 0.15) is 31.1 Å². The summed E-state index contributed by atoms with van der Waals surface area (Å²) in [4.78, 5) is 17.0. The molecule has 0 spiro atoms. The number of ether oxygens (including phenoxy) is 1. The molecule has 1 saturated heterocycles. The van der Waals surface area contributed by atoms with Crippen molar-refractivity contribution in [3.8, 4) is 5.75 Å². The highest BCUT2D eigenvalue weighted by atomic mass is 16.5. The number of nitrogens with two attached hydrogens (primary N) is 1. The third-order valence-corrected chi connectivity index (χ3v) is 4.17. The molecule has 0 unspecified atom stereocenters. The predicted octanol–water partition coefficient (Wildman–Crippen LogP) is 1.83. The lowest BCUT2D eigenvalue weighted by Crippen LogP contribution is -2.58. The average Bonchev–Trinajstić information content (AvgIpc) is 2.43. The summed E-state index contributed by atoms with van der Waals surface area (Å²) in [6.45, 7) is 8.96. The quantitative estimate of drug-likeness (QED) is 0.863. The summed E-state index contributed by atoms with van der Waals surface area (Å²) in [5.41, 5.74) is 6.98. The van der Waals surface area contributed by atoms with Gasteiger partial charge in [-0.15, -0.1) is 0 Å². The second-order valence-corrected chi connectivity index (χ2v) is 6.12. The van der Waals surface area contributed by atoms with Gasteiger partial charge in [-0.1, -0.05) is 6.07 Å². The number of likely N-dealkylation sites (N-methyl/N-ethyl adjacent to an activating group) is 1. The summed E-state index contributed by atoms with van der Waals surface area (Å²) in [7, 11) is 2.09. The minimum Gasteiger partial charge on any atom is -0.491 e. The summed E-state index contributed by atoms with van der Waals surface area (Å²) in [6, 6.07) is 5.34. The molecule has 1 aliphatic rings. The molecule has 2 rings (SSSR count). The van der Waals surface area contributed by atoms with Gasteiger partial charge >= 0.3 is 0 Å². The van der Waals surface area contributed by atoms with Gasteiger partial charge in [0.2, 0.25) is 0 Å². The normalized spacial score (nSPS) is 18.6. The van der Waals surface area contributed by atoms with E-state index in [2.05, 4.69) is 25.8 Å². The maximum absolute atomic E-state index is 12.8. The summed E-state index contributed by atoms with van der Waals surface area (Å²) in [5, 5.41) is 0. The van der Waals surface area contributed by atoms with Crippen LogP contribution >= 0.6 is 0 Å². The number of benzene rings is 1. The molecule has 0 saturated carbocycles. The van der Waals surface area contributed by atoms with Crippen molar-refractivity contribution in [1.82, 2.24) is 9.80 Å². The van der Waals surface area contributed by atoms with Crippen LogP contribution in [0.5, 0.6) is 5.75 Å². The molecule has 21 heavy (non-hydrogen) atoms. The third-order valence-electron chi connectivity index (χ3n) is 4.17. The zero-order chi connectivity index (χ0) is 15.6.